The molecule has 1 aliphatic rings. The summed E-state index contributed by atoms with van der Waals surface area (Å²) in [6, 6.07) is 6.97. The van der Waals surface area contributed by atoms with Crippen molar-refractivity contribution >= 4 is 28.3 Å². The van der Waals surface area contributed by atoms with Crippen molar-refractivity contribution in [2.24, 2.45) is 5.92 Å². The molecule has 0 saturated heterocycles. The molecule has 7 heteroatoms. The fraction of sp³-hybridized carbons (Fsp3) is 0.312. The first kappa shape index (κ1) is 15.5. The van der Waals surface area contributed by atoms with E-state index < -0.39 is 0 Å². The number of urea groups is 1. The average molecular weight is 330 g/mol. The molecule has 0 aromatic carbocycles. The maximum atomic E-state index is 12.3. The van der Waals surface area contributed by atoms with Crippen molar-refractivity contribution in [2.75, 3.05) is 12.4 Å². The van der Waals surface area contributed by atoms with Gasteiger partial charge in [0.1, 0.15) is 5.00 Å². The third kappa shape index (κ3) is 3.68. The summed E-state index contributed by atoms with van der Waals surface area (Å²) in [5, 5.41) is 10.6. The van der Waals surface area contributed by atoms with Gasteiger partial charge in [-0.3, -0.25) is 15.1 Å². The fourth-order valence-corrected chi connectivity index (χ4v) is 3.20. The Kier molecular flexibility index (Phi) is 4.57. The number of carbonyl (C=O) groups is 2. The van der Waals surface area contributed by atoms with Crippen LogP contribution in [0.4, 0.5) is 9.80 Å². The van der Waals surface area contributed by atoms with E-state index in [1.165, 1.54) is 11.3 Å². The van der Waals surface area contributed by atoms with Crippen LogP contribution in [0.1, 0.15) is 34.9 Å². The second-order valence-electron chi connectivity index (χ2n) is 5.41. The van der Waals surface area contributed by atoms with E-state index in [1.54, 1.807) is 24.7 Å². The first-order valence-corrected chi connectivity index (χ1v) is 8.35. The van der Waals surface area contributed by atoms with Crippen LogP contribution in [0.15, 0.2) is 35.8 Å². The van der Waals surface area contributed by atoms with Crippen LogP contribution in [-0.4, -0.2) is 24.0 Å². The molecule has 0 aliphatic heterocycles. The first-order valence-electron chi connectivity index (χ1n) is 7.47. The van der Waals surface area contributed by atoms with Crippen LogP contribution in [-0.2, 0) is 0 Å². The van der Waals surface area contributed by atoms with Crippen LogP contribution >= 0.6 is 11.3 Å². The molecule has 1 aliphatic carbocycles. The van der Waals surface area contributed by atoms with Gasteiger partial charge in [0, 0.05) is 13.2 Å². The van der Waals surface area contributed by atoms with E-state index in [0.717, 1.165) is 18.5 Å². The Balaban J connectivity index is 1.69. The van der Waals surface area contributed by atoms with Crippen LogP contribution in [0.2, 0.25) is 0 Å². The van der Waals surface area contributed by atoms with E-state index >= 15 is 0 Å². The van der Waals surface area contributed by atoms with Gasteiger partial charge in [-0.1, -0.05) is 6.07 Å². The van der Waals surface area contributed by atoms with Crippen LogP contribution in [0.25, 0.3) is 0 Å². The number of pyridine rings is 1. The lowest BCUT2D eigenvalue weighted by atomic mass is 10.1. The molecule has 3 rings (SSSR count). The van der Waals surface area contributed by atoms with Crippen LogP contribution < -0.4 is 16.0 Å². The van der Waals surface area contributed by atoms with Gasteiger partial charge < -0.3 is 10.6 Å². The predicted octanol–water partition coefficient (Wildman–Crippen LogP) is 2.78. The third-order valence-electron chi connectivity index (χ3n) is 3.75. The van der Waals surface area contributed by atoms with Crippen molar-refractivity contribution in [1.29, 1.82) is 0 Å². The van der Waals surface area contributed by atoms with Crippen molar-refractivity contribution in [2.45, 2.75) is 18.9 Å². The molecule has 0 spiro atoms. The molecule has 0 bridgehead atoms. The topological polar surface area (TPSA) is 83.1 Å². The first-order chi connectivity index (χ1) is 11.2. The molecule has 120 valence electrons. The van der Waals surface area contributed by atoms with E-state index in [0.29, 0.717) is 16.5 Å². The maximum Gasteiger partial charge on any atom is 0.320 e. The molecule has 1 unspecified atom stereocenters. The number of aromatic nitrogens is 1. The summed E-state index contributed by atoms with van der Waals surface area (Å²) in [4.78, 5) is 28.4. The normalized spacial score (nSPS) is 14.8. The highest BCUT2D eigenvalue weighted by Crippen LogP contribution is 2.40. The second kappa shape index (κ2) is 6.78. The minimum absolute atomic E-state index is 0.0976. The molecular formula is C16H18N4O2S. The van der Waals surface area contributed by atoms with Crippen molar-refractivity contribution in [1.82, 2.24) is 15.6 Å². The summed E-state index contributed by atoms with van der Waals surface area (Å²) in [5.41, 5.74) is 1.33. The predicted molar refractivity (Wildman–Crippen MR) is 89.6 cm³/mol. The van der Waals surface area contributed by atoms with Crippen LogP contribution in [0.3, 0.4) is 0 Å². The number of nitrogens with one attached hydrogen (secondary N) is 3. The van der Waals surface area contributed by atoms with Crippen LogP contribution in [0, 0.1) is 5.92 Å². The quantitative estimate of drug-likeness (QED) is 0.788. The number of hydrogen-bond donors (Lipinski definition) is 3. The summed E-state index contributed by atoms with van der Waals surface area (Å²) in [7, 11) is 1.56. The summed E-state index contributed by atoms with van der Waals surface area (Å²) < 4.78 is 0. The maximum absolute atomic E-state index is 12.3. The lowest BCUT2D eigenvalue weighted by Crippen LogP contribution is -2.34. The second-order valence-corrected chi connectivity index (χ2v) is 6.33. The monoisotopic (exact) mass is 330 g/mol. The van der Waals surface area contributed by atoms with Gasteiger partial charge in [-0.25, -0.2) is 4.79 Å². The molecule has 6 nitrogen and oxygen atoms in total. The van der Waals surface area contributed by atoms with Gasteiger partial charge in [0.15, 0.2) is 0 Å². The highest BCUT2D eigenvalue weighted by atomic mass is 32.1. The molecule has 2 heterocycles. The van der Waals surface area contributed by atoms with Gasteiger partial charge in [0.2, 0.25) is 0 Å². The number of thiophene rings is 1. The Morgan fingerprint density at radius 2 is 2.13 bits per heavy atom. The Morgan fingerprint density at radius 1 is 1.30 bits per heavy atom. The number of carbonyl (C=O) groups excluding carboxylic acids is 2. The van der Waals surface area contributed by atoms with Crippen LogP contribution in [0.5, 0.6) is 0 Å². The number of hydrogen-bond acceptors (Lipinski definition) is 4. The summed E-state index contributed by atoms with van der Waals surface area (Å²) in [6.07, 6.45) is 3.90. The molecule has 3 amide bonds. The molecule has 1 atom stereocenters. The number of rotatable bonds is 5. The molecule has 2 aromatic heterocycles. The van der Waals surface area contributed by atoms with Gasteiger partial charge >= 0.3 is 6.03 Å². The van der Waals surface area contributed by atoms with Gasteiger partial charge in [0.05, 0.1) is 17.3 Å². The zero-order valence-electron chi connectivity index (χ0n) is 12.7. The Morgan fingerprint density at radius 3 is 2.78 bits per heavy atom. The third-order valence-corrected chi connectivity index (χ3v) is 4.58. The Bertz CT molecular complexity index is 697. The van der Waals surface area contributed by atoms with Gasteiger partial charge in [-0.15, -0.1) is 11.3 Å². The van der Waals surface area contributed by atoms with E-state index in [-0.39, 0.29) is 18.0 Å². The van der Waals surface area contributed by atoms with Gasteiger partial charge in [-0.2, -0.15) is 0 Å². The highest BCUT2D eigenvalue weighted by Gasteiger charge is 2.34. The SMILES string of the molecule is CNC(=O)c1ccsc1NC(=O)NC(c1ccccn1)C1CC1. The highest BCUT2D eigenvalue weighted by molar-refractivity contribution is 7.14. The standard InChI is InChI=1S/C16H18N4O2S/c1-17-14(21)11-7-9-23-15(11)20-16(22)19-13(10-5-6-10)12-4-2-3-8-18-12/h2-4,7-10,13H,5-6H2,1H3,(H,17,21)(H2,19,20,22). The molecule has 0 radical (unpaired) electrons. The molecule has 3 N–H and O–H groups in total. The Hall–Kier alpha value is -2.41. The Labute approximate surface area is 138 Å². The molecule has 1 saturated carbocycles. The molecular weight excluding hydrogens is 312 g/mol. The van der Waals surface area contributed by atoms with E-state index in [9.17, 15) is 9.59 Å². The van der Waals surface area contributed by atoms with Gasteiger partial charge in [0.25, 0.3) is 5.91 Å². The summed E-state index contributed by atoms with van der Waals surface area (Å²) in [6.45, 7) is 0. The van der Waals surface area contributed by atoms with Crippen molar-refractivity contribution < 1.29 is 9.59 Å². The lowest BCUT2D eigenvalue weighted by molar-refractivity contribution is 0.0964. The molecule has 2 aromatic rings. The largest absolute Gasteiger partial charge is 0.355 e. The summed E-state index contributed by atoms with van der Waals surface area (Å²) >= 11 is 1.32. The van der Waals surface area contributed by atoms with E-state index in [4.69, 9.17) is 0 Å². The molecule has 23 heavy (non-hydrogen) atoms. The zero-order valence-corrected chi connectivity index (χ0v) is 13.5. The number of amides is 3. The smallest absolute Gasteiger partial charge is 0.320 e. The van der Waals surface area contributed by atoms with E-state index in [2.05, 4.69) is 20.9 Å². The zero-order chi connectivity index (χ0) is 16.2. The number of nitrogens with zero attached hydrogens (tertiary/aromatic N) is 1. The lowest BCUT2D eigenvalue weighted by Gasteiger charge is -2.18. The van der Waals surface area contributed by atoms with Crippen molar-refractivity contribution in [3.63, 3.8) is 0 Å². The van der Waals surface area contributed by atoms with E-state index in [1.807, 2.05) is 18.2 Å². The minimum Gasteiger partial charge on any atom is -0.355 e. The molecule has 1 fully saturated rings. The van der Waals surface area contributed by atoms with Crippen molar-refractivity contribution in [3.8, 4) is 0 Å². The fourth-order valence-electron chi connectivity index (χ4n) is 2.42. The van der Waals surface area contributed by atoms with Gasteiger partial charge in [-0.05, 0) is 42.3 Å². The summed E-state index contributed by atoms with van der Waals surface area (Å²) in [5.74, 6) is 0.211. The number of anilines is 1. The van der Waals surface area contributed by atoms with Crippen molar-refractivity contribution in [3.05, 3.63) is 47.1 Å². The minimum atomic E-state index is -0.319. The average Bonchev–Trinajstić information content (AvgIpc) is 3.32.